The molecule has 0 saturated carbocycles. The molecular weight excluding hydrogens is 222 g/mol. The maximum atomic E-state index is 11.0. The van der Waals surface area contributed by atoms with E-state index in [0.717, 1.165) is 5.56 Å². The van der Waals surface area contributed by atoms with Crippen molar-refractivity contribution in [2.24, 2.45) is 0 Å². The topological polar surface area (TPSA) is 70.0 Å². The Morgan fingerprint density at radius 3 is 2.76 bits per heavy atom. The summed E-state index contributed by atoms with van der Waals surface area (Å²) >= 11 is 0. The van der Waals surface area contributed by atoms with Crippen LogP contribution in [-0.2, 0) is 16.1 Å². The predicted molar refractivity (Wildman–Crippen MR) is 60.8 cm³/mol. The average Bonchev–Trinajstić information content (AvgIpc) is 2.32. The Kier molecular flexibility index (Phi) is 3.61. The van der Waals surface area contributed by atoms with Gasteiger partial charge in [0.15, 0.2) is 0 Å². The number of carbonyl (C=O) groups is 1. The van der Waals surface area contributed by atoms with Gasteiger partial charge in [0.1, 0.15) is 11.8 Å². The van der Waals surface area contributed by atoms with Crippen LogP contribution in [0.1, 0.15) is 5.56 Å². The molecule has 2 N–H and O–H groups in total. The minimum Gasteiger partial charge on any atom is -0.508 e. The third-order valence-electron chi connectivity index (χ3n) is 2.85. The van der Waals surface area contributed by atoms with Gasteiger partial charge >= 0.3 is 5.97 Å². The molecule has 0 radical (unpaired) electrons. The van der Waals surface area contributed by atoms with Crippen LogP contribution in [0.2, 0.25) is 0 Å². The molecule has 0 spiro atoms. The van der Waals surface area contributed by atoms with Gasteiger partial charge in [-0.3, -0.25) is 9.69 Å². The van der Waals surface area contributed by atoms with Crippen molar-refractivity contribution < 1.29 is 19.7 Å². The average molecular weight is 237 g/mol. The molecular formula is C12H15NO4. The Balaban J connectivity index is 2.05. The zero-order valence-corrected chi connectivity index (χ0v) is 9.37. The van der Waals surface area contributed by atoms with Crippen LogP contribution < -0.4 is 0 Å². The molecule has 2 rings (SSSR count). The maximum absolute atomic E-state index is 11.0. The summed E-state index contributed by atoms with van der Waals surface area (Å²) in [5.74, 6) is -0.644. The van der Waals surface area contributed by atoms with Crippen LogP contribution in [0, 0.1) is 0 Å². The molecule has 1 aromatic rings. The number of hydrogen-bond donors (Lipinski definition) is 2. The fourth-order valence-electron chi connectivity index (χ4n) is 1.89. The van der Waals surface area contributed by atoms with Crippen LogP contribution in [-0.4, -0.2) is 46.9 Å². The monoisotopic (exact) mass is 237 g/mol. The van der Waals surface area contributed by atoms with Gasteiger partial charge in [-0.2, -0.15) is 0 Å². The Hall–Kier alpha value is -1.59. The number of morpholine rings is 1. The van der Waals surface area contributed by atoms with Crippen molar-refractivity contribution >= 4 is 5.97 Å². The summed E-state index contributed by atoms with van der Waals surface area (Å²) < 4.78 is 5.17. The molecule has 92 valence electrons. The lowest BCUT2D eigenvalue weighted by molar-refractivity contribution is -0.150. The molecule has 1 aliphatic heterocycles. The van der Waals surface area contributed by atoms with E-state index in [4.69, 9.17) is 9.84 Å². The van der Waals surface area contributed by atoms with Gasteiger partial charge < -0.3 is 14.9 Å². The lowest BCUT2D eigenvalue weighted by Gasteiger charge is -2.32. The molecule has 0 bridgehead atoms. The second kappa shape index (κ2) is 5.16. The number of carboxylic acid groups (broad SMARTS) is 1. The first-order valence-electron chi connectivity index (χ1n) is 5.49. The first-order valence-corrected chi connectivity index (χ1v) is 5.49. The van der Waals surface area contributed by atoms with Crippen LogP contribution in [0.4, 0.5) is 0 Å². The van der Waals surface area contributed by atoms with Gasteiger partial charge in [-0.1, -0.05) is 12.1 Å². The molecule has 0 amide bonds. The fraction of sp³-hybridized carbons (Fsp3) is 0.417. The van der Waals surface area contributed by atoms with E-state index >= 15 is 0 Å². The number of ether oxygens (including phenoxy) is 1. The van der Waals surface area contributed by atoms with Crippen LogP contribution in [0.5, 0.6) is 5.75 Å². The van der Waals surface area contributed by atoms with Crippen molar-refractivity contribution in [3.8, 4) is 5.75 Å². The highest BCUT2D eigenvalue weighted by Gasteiger charge is 2.28. The Labute approximate surface area is 99.2 Å². The summed E-state index contributed by atoms with van der Waals surface area (Å²) in [6.07, 6.45) is 0. The summed E-state index contributed by atoms with van der Waals surface area (Å²) in [5.41, 5.74) is 0.982. The normalized spacial score (nSPS) is 21.3. The molecule has 1 aliphatic rings. The summed E-state index contributed by atoms with van der Waals surface area (Å²) in [4.78, 5) is 12.9. The Morgan fingerprint density at radius 2 is 2.12 bits per heavy atom. The molecule has 5 heteroatoms. The summed E-state index contributed by atoms with van der Waals surface area (Å²) in [6.45, 7) is 1.95. The minimum atomic E-state index is -0.858. The van der Waals surface area contributed by atoms with Gasteiger partial charge in [-0.15, -0.1) is 0 Å². The highest BCUT2D eigenvalue weighted by molar-refractivity contribution is 5.73. The molecule has 0 aliphatic carbocycles. The van der Waals surface area contributed by atoms with E-state index < -0.39 is 12.0 Å². The number of phenols is 1. The number of aromatic hydroxyl groups is 1. The van der Waals surface area contributed by atoms with E-state index in [2.05, 4.69) is 0 Å². The molecule has 1 heterocycles. The van der Waals surface area contributed by atoms with Crippen LogP contribution in [0.15, 0.2) is 24.3 Å². The van der Waals surface area contributed by atoms with Crippen molar-refractivity contribution in [3.63, 3.8) is 0 Å². The summed E-state index contributed by atoms with van der Waals surface area (Å²) in [7, 11) is 0. The van der Waals surface area contributed by atoms with Crippen LogP contribution in [0.3, 0.4) is 0 Å². The van der Waals surface area contributed by atoms with Gasteiger partial charge in [0.05, 0.1) is 13.2 Å². The van der Waals surface area contributed by atoms with Gasteiger partial charge in [-0.05, 0) is 17.7 Å². The quantitative estimate of drug-likeness (QED) is 0.809. The molecule has 5 nitrogen and oxygen atoms in total. The van der Waals surface area contributed by atoms with Crippen LogP contribution >= 0.6 is 0 Å². The lowest BCUT2D eigenvalue weighted by Crippen LogP contribution is -2.49. The van der Waals surface area contributed by atoms with Gasteiger partial charge in [0, 0.05) is 13.1 Å². The largest absolute Gasteiger partial charge is 0.508 e. The zero-order valence-electron chi connectivity index (χ0n) is 9.37. The Morgan fingerprint density at radius 1 is 1.41 bits per heavy atom. The van der Waals surface area contributed by atoms with Gasteiger partial charge in [-0.25, -0.2) is 0 Å². The van der Waals surface area contributed by atoms with Crippen LogP contribution in [0.25, 0.3) is 0 Å². The van der Waals surface area contributed by atoms with Gasteiger partial charge in [0.2, 0.25) is 0 Å². The molecule has 1 fully saturated rings. The molecule has 1 aromatic carbocycles. The number of benzene rings is 1. The number of aliphatic carboxylic acids is 1. The SMILES string of the molecule is O=C(O)C1COCCN1Cc1ccc(O)cc1. The Bertz CT molecular complexity index is 390. The summed E-state index contributed by atoms with van der Waals surface area (Å²) in [6, 6.07) is 6.21. The standard InChI is InChI=1S/C12H15NO4/c14-10-3-1-9(2-4-10)7-13-5-6-17-8-11(13)12(15)16/h1-4,11,14H,5-8H2,(H,15,16). The van der Waals surface area contributed by atoms with E-state index in [1.54, 1.807) is 24.3 Å². The van der Waals surface area contributed by atoms with E-state index in [0.29, 0.717) is 19.7 Å². The molecule has 0 aromatic heterocycles. The van der Waals surface area contributed by atoms with Crippen molar-refractivity contribution in [1.82, 2.24) is 4.90 Å². The van der Waals surface area contributed by atoms with Gasteiger partial charge in [0.25, 0.3) is 0 Å². The van der Waals surface area contributed by atoms with Crippen molar-refractivity contribution in [2.45, 2.75) is 12.6 Å². The third kappa shape index (κ3) is 2.95. The van der Waals surface area contributed by atoms with Crippen molar-refractivity contribution in [3.05, 3.63) is 29.8 Å². The minimum absolute atomic E-state index is 0.213. The van der Waals surface area contributed by atoms with Crippen molar-refractivity contribution in [1.29, 1.82) is 0 Å². The third-order valence-corrected chi connectivity index (χ3v) is 2.85. The predicted octanol–water partition coefficient (Wildman–Crippen LogP) is 0.678. The second-order valence-electron chi connectivity index (χ2n) is 4.07. The van der Waals surface area contributed by atoms with E-state index in [-0.39, 0.29) is 12.4 Å². The van der Waals surface area contributed by atoms with E-state index in [1.165, 1.54) is 0 Å². The van der Waals surface area contributed by atoms with Crippen molar-refractivity contribution in [2.75, 3.05) is 19.8 Å². The molecule has 1 atom stereocenters. The molecule has 1 saturated heterocycles. The molecule has 1 unspecified atom stereocenters. The van der Waals surface area contributed by atoms with E-state index in [1.807, 2.05) is 4.90 Å². The number of carboxylic acids is 1. The zero-order chi connectivity index (χ0) is 12.3. The highest BCUT2D eigenvalue weighted by Crippen LogP contribution is 2.15. The van der Waals surface area contributed by atoms with E-state index in [9.17, 15) is 9.90 Å². The number of phenolic OH excluding ortho intramolecular Hbond substituents is 1. The highest BCUT2D eigenvalue weighted by atomic mass is 16.5. The second-order valence-corrected chi connectivity index (χ2v) is 4.07. The smallest absolute Gasteiger partial charge is 0.323 e. The number of hydrogen-bond acceptors (Lipinski definition) is 4. The molecule has 17 heavy (non-hydrogen) atoms. The first-order chi connectivity index (χ1) is 8.16. The number of rotatable bonds is 3. The maximum Gasteiger partial charge on any atom is 0.323 e. The fourth-order valence-corrected chi connectivity index (χ4v) is 1.89. The first kappa shape index (κ1) is 11.9. The summed E-state index contributed by atoms with van der Waals surface area (Å²) in [5, 5.41) is 18.2. The number of nitrogens with zero attached hydrogens (tertiary/aromatic N) is 1. The lowest BCUT2D eigenvalue weighted by atomic mass is 10.1.